The zero-order chi connectivity index (χ0) is 29.9. The van der Waals surface area contributed by atoms with Crippen molar-refractivity contribution in [2.45, 2.75) is 18.6 Å². The second-order valence-corrected chi connectivity index (χ2v) is 10.4. The number of nitrogens with zero attached hydrogens (tertiary/aromatic N) is 1. The number of amides is 3. The summed E-state index contributed by atoms with van der Waals surface area (Å²) in [6, 6.07) is 11.5. The summed E-state index contributed by atoms with van der Waals surface area (Å²) in [6.07, 6.45) is -4.05. The van der Waals surface area contributed by atoms with E-state index in [0.29, 0.717) is 16.3 Å². The Bertz CT molecular complexity index is 1520. The van der Waals surface area contributed by atoms with E-state index in [1.165, 1.54) is 43.5 Å². The van der Waals surface area contributed by atoms with Crippen molar-refractivity contribution in [3.05, 3.63) is 92.3 Å². The summed E-state index contributed by atoms with van der Waals surface area (Å²) in [6.45, 7) is -0.360. The number of imide groups is 1. The van der Waals surface area contributed by atoms with Crippen molar-refractivity contribution in [1.29, 1.82) is 5.41 Å². The topological polar surface area (TPSA) is 112 Å². The monoisotopic (exact) mass is 604 g/mol. The van der Waals surface area contributed by atoms with Crippen LogP contribution in [-0.4, -0.2) is 55.6 Å². The molecule has 0 saturated carbocycles. The lowest BCUT2D eigenvalue weighted by Gasteiger charge is -2.25. The Balaban J connectivity index is 1.69. The van der Waals surface area contributed by atoms with E-state index >= 15 is 0 Å². The molecule has 1 atom stereocenters. The summed E-state index contributed by atoms with van der Waals surface area (Å²) in [5.74, 6) is -1.86. The highest BCUT2D eigenvalue weighted by atomic mass is 35.5. The first-order valence-electron chi connectivity index (χ1n) is 12.2. The minimum Gasteiger partial charge on any atom is -0.487 e. The van der Waals surface area contributed by atoms with Gasteiger partial charge in [-0.1, -0.05) is 53.3 Å². The average molecular weight is 605 g/mol. The molecule has 2 heterocycles. The molecular formula is C28H24ClF3N4O4S. The van der Waals surface area contributed by atoms with Gasteiger partial charge in [-0.3, -0.25) is 19.3 Å². The highest BCUT2D eigenvalue weighted by Crippen LogP contribution is 2.36. The van der Waals surface area contributed by atoms with Crippen LogP contribution in [0.2, 0.25) is 0 Å². The molecule has 214 valence electrons. The fourth-order valence-corrected chi connectivity index (χ4v) is 5.63. The lowest BCUT2D eigenvalue weighted by atomic mass is 9.99. The lowest BCUT2D eigenvalue weighted by Crippen LogP contribution is -2.47. The molecule has 4 rings (SSSR count). The van der Waals surface area contributed by atoms with Gasteiger partial charge in [0, 0.05) is 19.8 Å². The molecule has 0 bridgehead atoms. The Morgan fingerprint density at radius 2 is 1.73 bits per heavy atom. The number of fused-ring (bicyclic) bond motifs is 1. The van der Waals surface area contributed by atoms with E-state index in [-0.39, 0.29) is 39.6 Å². The highest BCUT2D eigenvalue weighted by Gasteiger charge is 2.38. The van der Waals surface area contributed by atoms with Crippen molar-refractivity contribution in [3.8, 4) is 5.06 Å². The normalized spacial score (nSPS) is 14.3. The number of methoxy groups -OCH3 is 1. The van der Waals surface area contributed by atoms with Crippen molar-refractivity contribution in [2.75, 3.05) is 20.7 Å². The number of rotatable bonds is 10. The number of allylic oxidation sites excluding steroid dienone is 1. The minimum atomic E-state index is -4.65. The van der Waals surface area contributed by atoms with Gasteiger partial charge in [-0.15, -0.1) is 0 Å². The Labute approximate surface area is 242 Å². The Kier molecular flexibility index (Phi) is 8.83. The fourth-order valence-electron chi connectivity index (χ4n) is 4.55. The second-order valence-electron chi connectivity index (χ2n) is 8.93. The van der Waals surface area contributed by atoms with Crippen LogP contribution in [0.15, 0.2) is 59.6 Å². The first-order chi connectivity index (χ1) is 19.5. The molecule has 13 heteroatoms. The van der Waals surface area contributed by atoms with Crippen LogP contribution >= 0.6 is 22.9 Å². The highest BCUT2D eigenvalue weighted by molar-refractivity contribution is 7.16. The van der Waals surface area contributed by atoms with Crippen LogP contribution in [0.4, 0.5) is 13.2 Å². The predicted octanol–water partition coefficient (Wildman–Crippen LogP) is 5.19. The maximum absolute atomic E-state index is 13.8. The zero-order valence-corrected chi connectivity index (χ0v) is 23.3. The number of thiophene rings is 1. The summed E-state index contributed by atoms with van der Waals surface area (Å²) < 4.78 is 46.7. The number of halogens is 4. The predicted molar refractivity (Wildman–Crippen MR) is 150 cm³/mol. The quantitative estimate of drug-likeness (QED) is 0.218. The number of ether oxygens (including phenoxy) is 1. The Hall–Kier alpha value is -4.16. The molecule has 3 amide bonds. The SMILES string of the molecule is CN/C(=C(/Cl)C=N)c1cc(C(=O)N[C@@H](Cc2ccccc2C(F)(F)F)CN2C(=O)c3ccccc3C2=O)sc1OC. The molecule has 0 unspecified atom stereocenters. The van der Waals surface area contributed by atoms with Crippen LogP contribution in [0.25, 0.3) is 5.70 Å². The zero-order valence-electron chi connectivity index (χ0n) is 21.8. The van der Waals surface area contributed by atoms with E-state index in [1.54, 1.807) is 19.2 Å². The van der Waals surface area contributed by atoms with E-state index in [1.807, 2.05) is 0 Å². The van der Waals surface area contributed by atoms with Gasteiger partial charge in [-0.2, -0.15) is 13.2 Å². The maximum atomic E-state index is 13.8. The molecule has 0 saturated heterocycles. The second kappa shape index (κ2) is 12.1. The standard InChI is InChI=1S/C28H24ClF3N4O4S/c1-34-23(21(29)13-33)19-12-22(41-27(19)40-2)24(37)35-16(11-15-7-3-6-10-20(15)28(30,31)32)14-36-25(38)17-8-4-5-9-18(17)26(36)39/h3-10,12-13,16,33-34H,11,14H2,1-2H3,(H,35,37)/b23-21+,33-13?/t16-/m0/s1. The smallest absolute Gasteiger partial charge is 0.416 e. The van der Waals surface area contributed by atoms with Crippen molar-refractivity contribution < 1.29 is 32.3 Å². The largest absolute Gasteiger partial charge is 0.487 e. The molecule has 3 N–H and O–H groups in total. The van der Waals surface area contributed by atoms with Gasteiger partial charge < -0.3 is 20.8 Å². The number of benzene rings is 2. The van der Waals surface area contributed by atoms with Crippen molar-refractivity contribution in [3.63, 3.8) is 0 Å². The van der Waals surface area contributed by atoms with E-state index in [4.69, 9.17) is 21.7 Å². The molecule has 0 fully saturated rings. The number of carbonyl (C=O) groups is 3. The first-order valence-corrected chi connectivity index (χ1v) is 13.4. The van der Waals surface area contributed by atoms with E-state index in [2.05, 4.69) is 10.6 Å². The Morgan fingerprint density at radius 1 is 1.12 bits per heavy atom. The van der Waals surface area contributed by atoms with Crippen LogP contribution < -0.4 is 15.4 Å². The molecule has 1 aliphatic heterocycles. The van der Waals surface area contributed by atoms with Gasteiger partial charge in [0.15, 0.2) is 5.06 Å². The molecule has 1 aliphatic rings. The van der Waals surface area contributed by atoms with Crippen molar-refractivity contribution in [2.24, 2.45) is 0 Å². The molecule has 2 aromatic carbocycles. The number of hydrogen-bond donors (Lipinski definition) is 3. The van der Waals surface area contributed by atoms with Gasteiger partial charge in [0.2, 0.25) is 0 Å². The molecule has 0 spiro atoms. The third-order valence-corrected chi connectivity index (χ3v) is 7.79. The van der Waals surface area contributed by atoms with Crippen LogP contribution in [0, 0.1) is 5.41 Å². The van der Waals surface area contributed by atoms with Crippen molar-refractivity contribution in [1.82, 2.24) is 15.5 Å². The van der Waals surface area contributed by atoms with Crippen molar-refractivity contribution >= 4 is 52.6 Å². The molecule has 3 aromatic rings. The minimum absolute atomic E-state index is 0.0582. The van der Waals surface area contributed by atoms with Crippen LogP contribution in [-0.2, 0) is 12.6 Å². The maximum Gasteiger partial charge on any atom is 0.416 e. The third-order valence-electron chi connectivity index (χ3n) is 6.40. The van der Waals surface area contributed by atoms with Gasteiger partial charge in [-0.05, 0) is 36.2 Å². The van der Waals surface area contributed by atoms with Gasteiger partial charge in [-0.25, -0.2) is 0 Å². The summed E-state index contributed by atoms with van der Waals surface area (Å²) >= 11 is 7.09. The van der Waals surface area contributed by atoms with Gasteiger partial charge in [0.1, 0.15) is 0 Å². The van der Waals surface area contributed by atoms with Gasteiger partial charge >= 0.3 is 6.18 Å². The molecule has 41 heavy (non-hydrogen) atoms. The molecule has 0 aliphatic carbocycles. The van der Waals surface area contributed by atoms with Gasteiger partial charge in [0.25, 0.3) is 17.7 Å². The number of nitrogens with one attached hydrogen (secondary N) is 3. The fraction of sp³-hybridized carbons (Fsp3) is 0.214. The molecule has 1 aromatic heterocycles. The molecule has 0 radical (unpaired) electrons. The summed E-state index contributed by atoms with van der Waals surface area (Å²) in [5.41, 5.74) is 0.102. The summed E-state index contributed by atoms with van der Waals surface area (Å²) in [7, 11) is 2.97. The first kappa shape index (κ1) is 29.8. The molecule has 8 nitrogen and oxygen atoms in total. The van der Waals surface area contributed by atoms with E-state index in [9.17, 15) is 27.6 Å². The number of hydrogen-bond acceptors (Lipinski definition) is 7. The van der Waals surface area contributed by atoms with E-state index < -0.39 is 35.5 Å². The third kappa shape index (κ3) is 6.13. The van der Waals surface area contributed by atoms with Crippen LogP contribution in [0.1, 0.15) is 47.1 Å². The van der Waals surface area contributed by atoms with Crippen LogP contribution in [0.5, 0.6) is 5.06 Å². The molecular weight excluding hydrogens is 581 g/mol. The average Bonchev–Trinajstić information content (AvgIpc) is 3.48. The summed E-state index contributed by atoms with van der Waals surface area (Å²) in [5, 5.41) is 13.4. The van der Waals surface area contributed by atoms with Crippen LogP contribution in [0.3, 0.4) is 0 Å². The number of carbonyl (C=O) groups excluding carboxylic acids is 3. The Morgan fingerprint density at radius 3 is 2.29 bits per heavy atom. The number of alkyl halides is 3. The lowest BCUT2D eigenvalue weighted by molar-refractivity contribution is -0.138. The van der Waals surface area contributed by atoms with Gasteiger partial charge in [0.05, 0.1) is 51.0 Å². The van der Waals surface area contributed by atoms with E-state index in [0.717, 1.165) is 28.5 Å². The summed E-state index contributed by atoms with van der Waals surface area (Å²) in [4.78, 5) is 40.5.